The Morgan fingerprint density at radius 2 is 2.18 bits per heavy atom. The van der Waals surface area contributed by atoms with E-state index in [9.17, 15) is 4.21 Å². The number of aryl methyl sites for hydroxylation is 1. The normalized spacial score (nSPS) is 21.5. The standard InChI is InChI=1S/C19H36N6O2S/c1-5-27-12-8-11-20-19(21-14-18-24-23-15(3)25(18)4)22-16-9-7-10-17(13-16)28(26)6-2/h16-17H,5-14H2,1-4H3,(H2,20,21,22). The van der Waals surface area contributed by atoms with Crippen LogP contribution in [0, 0.1) is 6.92 Å². The summed E-state index contributed by atoms with van der Waals surface area (Å²) >= 11 is 0. The molecule has 160 valence electrons. The lowest BCUT2D eigenvalue weighted by molar-refractivity contribution is 0.145. The molecule has 0 aliphatic heterocycles. The van der Waals surface area contributed by atoms with E-state index in [2.05, 4.69) is 20.8 Å². The molecule has 28 heavy (non-hydrogen) atoms. The van der Waals surface area contributed by atoms with Gasteiger partial charge in [-0.3, -0.25) is 4.21 Å². The van der Waals surface area contributed by atoms with Crippen LogP contribution in [0.1, 0.15) is 57.6 Å². The lowest BCUT2D eigenvalue weighted by Gasteiger charge is -2.30. The predicted molar refractivity (Wildman–Crippen MR) is 114 cm³/mol. The molecular weight excluding hydrogens is 376 g/mol. The van der Waals surface area contributed by atoms with Crippen molar-refractivity contribution in [1.82, 2.24) is 25.4 Å². The third kappa shape index (κ3) is 7.16. The summed E-state index contributed by atoms with van der Waals surface area (Å²) in [4.78, 5) is 4.72. The van der Waals surface area contributed by atoms with Gasteiger partial charge in [-0.25, -0.2) is 4.99 Å². The fraction of sp³-hybridized carbons (Fsp3) is 0.842. The van der Waals surface area contributed by atoms with Crippen LogP contribution in [0.25, 0.3) is 0 Å². The van der Waals surface area contributed by atoms with Crippen LogP contribution in [0.15, 0.2) is 4.99 Å². The van der Waals surface area contributed by atoms with Gasteiger partial charge in [0, 0.05) is 54.7 Å². The van der Waals surface area contributed by atoms with Gasteiger partial charge in [0.25, 0.3) is 0 Å². The van der Waals surface area contributed by atoms with E-state index in [0.717, 1.165) is 75.2 Å². The fourth-order valence-corrected chi connectivity index (χ4v) is 4.71. The van der Waals surface area contributed by atoms with Crippen molar-refractivity contribution in [3.63, 3.8) is 0 Å². The van der Waals surface area contributed by atoms with Gasteiger partial charge in [0.05, 0.1) is 0 Å². The Balaban J connectivity index is 1.97. The smallest absolute Gasteiger partial charge is 0.191 e. The van der Waals surface area contributed by atoms with Crippen molar-refractivity contribution in [2.24, 2.45) is 12.0 Å². The summed E-state index contributed by atoms with van der Waals surface area (Å²) in [6.07, 6.45) is 5.10. The van der Waals surface area contributed by atoms with Gasteiger partial charge in [-0.1, -0.05) is 13.3 Å². The highest BCUT2D eigenvalue weighted by atomic mass is 32.2. The molecule has 1 aliphatic rings. The molecule has 0 bridgehead atoms. The molecule has 1 saturated carbocycles. The molecule has 3 unspecified atom stereocenters. The second-order valence-corrected chi connectivity index (χ2v) is 9.17. The second kappa shape index (κ2) is 12.2. The van der Waals surface area contributed by atoms with Gasteiger partial charge in [0.2, 0.25) is 0 Å². The third-order valence-electron chi connectivity index (χ3n) is 5.15. The highest BCUT2D eigenvalue weighted by molar-refractivity contribution is 7.85. The number of nitrogens with zero attached hydrogens (tertiary/aromatic N) is 4. The predicted octanol–water partition coefficient (Wildman–Crippen LogP) is 1.67. The molecule has 1 heterocycles. The molecule has 1 aromatic rings. The van der Waals surface area contributed by atoms with Crippen LogP contribution < -0.4 is 10.6 Å². The molecule has 1 aliphatic carbocycles. The maximum absolute atomic E-state index is 12.2. The van der Waals surface area contributed by atoms with E-state index >= 15 is 0 Å². The summed E-state index contributed by atoms with van der Waals surface area (Å²) in [7, 11) is 1.22. The largest absolute Gasteiger partial charge is 0.382 e. The van der Waals surface area contributed by atoms with Crippen LogP contribution in [0.3, 0.4) is 0 Å². The molecule has 0 saturated heterocycles. The molecule has 0 radical (unpaired) electrons. The van der Waals surface area contributed by atoms with Gasteiger partial charge >= 0.3 is 0 Å². The number of aliphatic imine (C=N–C) groups is 1. The van der Waals surface area contributed by atoms with Crippen molar-refractivity contribution in [1.29, 1.82) is 0 Å². The maximum atomic E-state index is 12.2. The average molecular weight is 413 g/mol. The van der Waals surface area contributed by atoms with E-state index in [4.69, 9.17) is 9.73 Å². The van der Waals surface area contributed by atoms with E-state index in [1.54, 1.807) is 0 Å². The Hall–Kier alpha value is -1.48. The number of hydrogen-bond donors (Lipinski definition) is 2. The van der Waals surface area contributed by atoms with Crippen LogP contribution in [-0.4, -0.2) is 61.7 Å². The number of aromatic nitrogens is 3. The average Bonchev–Trinajstić information content (AvgIpc) is 3.03. The topological polar surface area (TPSA) is 93.4 Å². The molecule has 8 nitrogen and oxygen atoms in total. The minimum atomic E-state index is -0.730. The van der Waals surface area contributed by atoms with E-state index in [1.807, 2.05) is 32.4 Å². The van der Waals surface area contributed by atoms with Crippen molar-refractivity contribution in [3.05, 3.63) is 11.6 Å². The molecule has 9 heteroatoms. The van der Waals surface area contributed by atoms with Crippen molar-refractivity contribution in [2.75, 3.05) is 25.5 Å². The molecule has 1 aromatic heterocycles. The lowest BCUT2D eigenvalue weighted by Crippen LogP contribution is -2.47. The molecule has 0 aromatic carbocycles. The Labute approximate surface area is 171 Å². The Bertz CT molecular complexity index is 648. The SMILES string of the molecule is CCOCCCNC(=NCc1nnc(C)n1C)NC1CCCC(S(=O)CC)C1. The zero-order valence-electron chi connectivity index (χ0n) is 17.7. The lowest BCUT2D eigenvalue weighted by atomic mass is 9.95. The first-order chi connectivity index (χ1) is 13.5. The van der Waals surface area contributed by atoms with E-state index in [0.29, 0.717) is 12.6 Å². The van der Waals surface area contributed by atoms with Crippen LogP contribution in [0.4, 0.5) is 0 Å². The number of nitrogens with one attached hydrogen (secondary N) is 2. The highest BCUT2D eigenvalue weighted by Crippen LogP contribution is 2.23. The van der Waals surface area contributed by atoms with Gasteiger partial charge in [-0.15, -0.1) is 10.2 Å². The Morgan fingerprint density at radius 1 is 1.36 bits per heavy atom. The second-order valence-electron chi connectivity index (χ2n) is 7.16. The first-order valence-electron chi connectivity index (χ1n) is 10.4. The van der Waals surface area contributed by atoms with Crippen molar-refractivity contribution in [3.8, 4) is 0 Å². The summed E-state index contributed by atoms with van der Waals surface area (Å²) in [5, 5.41) is 15.5. The number of ether oxygens (including phenoxy) is 1. The molecule has 0 amide bonds. The molecule has 1 fully saturated rings. The monoisotopic (exact) mass is 412 g/mol. The Kier molecular flexibility index (Phi) is 9.91. The van der Waals surface area contributed by atoms with E-state index < -0.39 is 10.8 Å². The van der Waals surface area contributed by atoms with Crippen molar-refractivity contribution >= 4 is 16.8 Å². The Morgan fingerprint density at radius 3 is 2.86 bits per heavy atom. The minimum absolute atomic E-state index is 0.289. The molecule has 2 rings (SSSR count). The zero-order valence-corrected chi connectivity index (χ0v) is 18.6. The van der Waals surface area contributed by atoms with Gasteiger partial charge in [0.1, 0.15) is 12.4 Å². The number of hydrogen-bond acceptors (Lipinski definition) is 5. The van der Waals surface area contributed by atoms with Gasteiger partial charge in [-0.05, 0) is 39.5 Å². The summed E-state index contributed by atoms with van der Waals surface area (Å²) in [6, 6.07) is 0.300. The zero-order chi connectivity index (χ0) is 20.4. The first-order valence-corrected chi connectivity index (χ1v) is 11.8. The summed E-state index contributed by atoms with van der Waals surface area (Å²) in [5.74, 6) is 3.23. The molecule has 2 N–H and O–H groups in total. The highest BCUT2D eigenvalue weighted by Gasteiger charge is 2.26. The van der Waals surface area contributed by atoms with Crippen LogP contribution >= 0.6 is 0 Å². The summed E-state index contributed by atoms with van der Waals surface area (Å²) < 4.78 is 19.6. The van der Waals surface area contributed by atoms with Crippen LogP contribution in [-0.2, 0) is 29.1 Å². The molecule has 3 atom stereocenters. The molecule has 0 spiro atoms. The maximum Gasteiger partial charge on any atom is 0.191 e. The minimum Gasteiger partial charge on any atom is -0.382 e. The fourth-order valence-electron chi connectivity index (χ4n) is 3.36. The third-order valence-corrected chi connectivity index (χ3v) is 6.89. The quantitative estimate of drug-likeness (QED) is 0.345. The van der Waals surface area contributed by atoms with Crippen LogP contribution in [0.5, 0.6) is 0 Å². The van der Waals surface area contributed by atoms with Crippen molar-refractivity contribution in [2.45, 2.75) is 70.7 Å². The van der Waals surface area contributed by atoms with E-state index in [1.165, 1.54) is 0 Å². The van der Waals surface area contributed by atoms with Gasteiger partial charge in [0.15, 0.2) is 11.8 Å². The first kappa shape index (κ1) is 22.8. The van der Waals surface area contributed by atoms with Gasteiger partial charge < -0.3 is 19.9 Å². The van der Waals surface area contributed by atoms with Crippen LogP contribution in [0.2, 0.25) is 0 Å². The number of rotatable bonds is 10. The summed E-state index contributed by atoms with van der Waals surface area (Å²) in [5.41, 5.74) is 0. The van der Waals surface area contributed by atoms with E-state index in [-0.39, 0.29) is 5.25 Å². The number of guanidine groups is 1. The molecular formula is C19H36N6O2S. The summed E-state index contributed by atoms with van der Waals surface area (Å²) in [6.45, 7) is 8.67. The van der Waals surface area contributed by atoms with Gasteiger partial charge in [-0.2, -0.15) is 0 Å². The van der Waals surface area contributed by atoms with Crippen molar-refractivity contribution < 1.29 is 8.95 Å².